The number of carbonyl (C=O) groups is 1. The summed E-state index contributed by atoms with van der Waals surface area (Å²) in [7, 11) is 0. The highest BCUT2D eigenvalue weighted by Crippen LogP contribution is 2.27. The number of hydrogen-bond acceptors (Lipinski definition) is 5. The molecule has 2 aromatic heterocycles. The lowest BCUT2D eigenvalue weighted by molar-refractivity contribution is 0.102. The number of hydrogen-bond donors (Lipinski definition) is 2. The summed E-state index contributed by atoms with van der Waals surface area (Å²) in [5.41, 5.74) is 1.54. The predicted octanol–water partition coefficient (Wildman–Crippen LogP) is 4.06. The first-order valence-corrected chi connectivity index (χ1v) is 9.29. The van der Waals surface area contributed by atoms with Gasteiger partial charge in [0.2, 0.25) is 0 Å². The third kappa shape index (κ3) is 3.16. The Kier molecular flexibility index (Phi) is 4.36. The molecule has 8 heteroatoms. The van der Waals surface area contributed by atoms with Crippen LogP contribution in [0.5, 0.6) is 0 Å². The van der Waals surface area contributed by atoms with Crippen molar-refractivity contribution in [3.05, 3.63) is 74.4 Å². The van der Waals surface area contributed by atoms with Gasteiger partial charge in [-0.3, -0.25) is 14.9 Å². The SMILES string of the molecule is O=C(Nc1nc(-c2cccc(Br)c2)cs1)c1n[nH]c(=O)c2ccccc12. The summed E-state index contributed by atoms with van der Waals surface area (Å²) in [5, 5.41) is 12.3. The van der Waals surface area contributed by atoms with Crippen molar-refractivity contribution in [2.75, 3.05) is 5.32 Å². The molecular formula is C18H11BrN4O2S. The van der Waals surface area contributed by atoms with Crippen molar-refractivity contribution in [1.82, 2.24) is 15.2 Å². The number of nitrogens with one attached hydrogen (secondary N) is 2. The summed E-state index contributed by atoms with van der Waals surface area (Å²) in [4.78, 5) is 28.9. The van der Waals surface area contributed by atoms with Gasteiger partial charge in [0.05, 0.1) is 11.1 Å². The van der Waals surface area contributed by atoms with Gasteiger partial charge in [-0.15, -0.1) is 11.3 Å². The maximum atomic E-state index is 12.6. The van der Waals surface area contributed by atoms with Crippen molar-refractivity contribution in [2.24, 2.45) is 0 Å². The molecule has 2 heterocycles. The Bertz CT molecular complexity index is 1190. The predicted molar refractivity (Wildman–Crippen MR) is 106 cm³/mol. The van der Waals surface area contributed by atoms with Crippen LogP contribution in [0.1, 0.15) is 10.5 Å². The van der Waals surface area contributed by atoms with Crippen LogP contribution in [-0.4, -0.2) is 21.1 Å². The minimum Gasteiger partial charge on any atom is -0.296 e. The number of aromatic nitrogens is 3. The monoisotopic (exact) mass is 426 g/mol. The van der Waals surface area contributed by atoms with Crippen molar-refractivity contribution in [1.29, 1.82) is 0 Å². The zero-order valence-corrected chi connectivity index (χ0v) is 15.6. The fourth-order valence-electron chi connectivity index (χ4n) is 2.56. The summed E-state index contributed by atoms with van der Waals surface area (Å²) in [6, 6.07) is 14.6. The molecular weight excluding hydrogens is 416 g/mol. The number of fused-ring (bicyclic) bond motifs is 1. The molecule has 4 aromatic rings. The van der Waals surface area contributed by atoms with Crippen LogP contribution in [0.4, 0.5) is 5.13 Å². The first-order chi connectivity index (χ1) is 12.6. The van der Waals surface area contributed by atoms with Gasteiger partial charge in [-0.05, 0) is 18.2 Å². The number of thiazole rings is 1. The Morgan fingerprint density at radius 3 is 2.73 bits per heavy atom. The number of amides is 1. The van der Waals surface area contributed by atoms with Gasteiger partial charge >= 0.3 is 0 Å². The topological polar surface area (TPSA) is 87.7 Å². The van der Waals surface area contributed by atoms with Crippen LogP contribution in [0.2, 0.25) is 0 Å². The highest BCUT2D eigenvalue weighted by Gasteiger charge is 2.16. The molecule has 0 radical (unpaired) electrons. The molecule has 0 atom stereocenters. The number of nitrogens with zero attached hydrogens (tertiary/aromatic N) is 2. The number of carbonyl (C=O) groups excluding carboxylic acids is 1. The highest BCUT2D eigenvalue weighted by molar-refractivity contribution is 9.10. The average Bonchev–Trinajstić information content (AvgIpc) is 3.11. The van der Waals surface area contributed by atoms with Crippen molar-refractivity contribution in [3.63, 3.8) is 0 Å². The van der Waals surface area contributed by atoms with Crippen molar-refractivity contribution in [2.45, 2.75) is 0 Å². The third-order valence-corrected chi connectivity index (χ3v) is 5.01. The Morgan fingerprint density at radius 1 is 1.12 bits per heavy atom. The highest BCUT2D eigenvalue weighted by atomic mass is 79.9. The second-order valence-corrected chi connectivity index (χ2v) is 7.22. The molecule has 0 unspecified atom stereocenters. The number of rotatable bonds is 3. The number of H-pyrrole nitrogens is 1. The fourth-order valence-corrected chi connectivity index (χ4v) is 3.67. The van der Waals surface area contributed by atoms with Crippen LogP contribution in [0.25, 0.3) is 22.0 Å². The lowest BCUT2D eigenvalue weighted by Gasteiger charge is -2.04. The molecule has 0 saturated heterocycles. The van der Waals surface area contributed by atoms with Crippen LogP contribution in [-0.2, 0) is 0 Å². The van der Waals surface area contributed by atoms with Gasteiger partial charge in [0.25, 0.3) is 11.5 Å². The smallest absolute Gasteiger partial charge is 0.278 e. The lowest BCUT2D eigenvalue weighted by Crippen LogP contribution is -2.19. The van der Waals surface area contributed by atoms with Crippen LogP contribution < -0.4 is 10.9 Å². The van der Waals surface area contributed by atoms with E-state index >= 15 is 0 Å². The average molecular weight is 427 g/mol. The molecule has 4 rings (SSSR count). The van der Waals surface area contributed by atoms with Gasteiger partial charge in [0.1, 0.15) is 0 Å². The molecule has 1 amide bonds. The van der Waals surface area contributed by atoms with E-state index < -0.39 is 5.91 Å². The normalized spacial score (nSPS) is 10.8. The van der Waals surface area contributed by atoms with E-state index in [-0.39, 0.29) is 11.3 Å². The van der Waals surface area contributed by atoms with Crippen LogP contribution in [0.15, 0.2) is 63.2 Å². The molecule has 0 aliphatic heterocycles. The molecule has 2 aromatic carbocycles. The van der Waals surface area contributed by atoms with Gasteiger partial charge in [0.15, 0.2) is 10.8 Å². The van der Waals surface area contributed by atoms with Crippen molar-refractivity contribution < 1.29 is 4.79 Å². The van der Waals surface area contributed by atoms with E-state index in [0.29, 0.717) is 15.9 Å². The minimum atomic E-state index is -0.424. The van der Waals surface area contributed by atoms with Crippen molar-refractivity contribution >= 4 is 49.1 Å². The molecule has 0 aliphatic carbocycles. The zero-order valence-electron chi connectivity index (χ0n) is 13.2. The van der Waals surface area contributed by atoms with Crippen LogP contribution in [0, 0.1) is 0 Å². The molecule has 26 heavy (non-hydrogen) atoms. The molecule has 6 nitrogen and oxygen atoms in total. The molecule has 2 N–H and O–H groups in total. The van der Waals surface area contributed by atoms with E-state index in [2.05, 4.69) is 36.4 Å². The Hall–Kier alpha value is -2.84. The zero-order chi connectivity index (χ0) is 18.1. The van der Waals surface area contributed by atoms with Crippen LogP contribution in [0.3, 0.4) is 0 Å². The first kappa shape index (κ1) is 16.6. The summed E-state index contributed by atoms with van der Waals surface area (Å²) in [6.07, 6.45) is 0. The maximum Gasteiger partial charge on any atom is 0.278 e. The maximum absolute atomic E-state index is 12.6. The van der Waals surface area contributed by atoms with E-state index in [0.717, 1.165) is 15.7 Å². The summed E-state index contributed by atoms with van der Waals surface area (Å²) in [5.74, 6) is -0.424. The number of anilines is 1. The van der Waals surface area contributed by atoms with Crippen molar-refractivity contribution in [3.8, 4) is 11.3 Å². The number of aromatic amines is 1. The summed E-state index contributed by atoms with van der Waals surface area (Å²) in [6.45, 7) is 0. The van der Waals surface area contributed by atoms with E-state index in [1.54, 1.807) is 24.3 Å². The first-order valence-electron chi connectivity index (χ1n) is 7.62. The Labute approximate surface area is 160 Å². The molecule has 0 bridgehead atoms. The molecule has 0 fully saturated rings. The second-order valence-electron chi connectivity index (χ2n) is 5.45. The van der Waals surface area contributed by atoms with Crippen LogP contribution >= 0.6 is 27.3 Å². The number of halogens is 1. The minimum absolute atomic E-state index is 0.152. The lowest BCUT2D eigenvalue weighted by atomic mass is 10.1. The molecule has 0 saturated carbocycles. The molecule has 128 valence electrons. The quantitative estimate of drug-likeness (QED) is 0.516. The van der Waals surface area contributed by atoms with Gasteiger partial charge in [-0.25, -0.2) is 10.1 Å². The number of benzene rings is 2. The third-order valence-electron chi connectivity index (χ3n) is 3.76. The van der Waals surface area contributed by atoms with Gasteiger partial charge in [-0.1, -0.05) is 46.3 Å². The largest absolute Gasteiger partial charge is 0.296 e. The summed E-state index contributed by atoms with van der Waals surface area (Å²) >= 11 is 4.76. The van der Waals surface area contributed by atoms with E-state index in [1.165, 1.54) is 11.3 Å². The van der Waals surface area contributed by atoms with E-state index in [9.17, 15) is 9.59 Å². The Balaban J connectivity index is 1.64. The van der Waals surface area contributed by atoms with Gasteiger partial charge < -0.3 is 0 Å². The van der Waals surface area contributed by atoms with E-state index in [4.69, 9.17) is 0 Å². The fraction of sp³-hybridized carbons (Fsp3) is 0. The summed E-state index contributed by atoms with van der Waals surface area (Å²) < 4.78 is 0.956. The Morgan fingerprint density at radius 2 is 1.92 bits per heavy atom. The molecule has 0 spiro atoms. The standard InChI is InChI=1S/C18H11BrN4O2S/c19-11-5-3-4-10(8-11)14-9-26-18(20-14)21-17(25)15-12-6-1-2-7-13(12)16(24)23-22-15/h1-9H,(H,23,24)(H,20,21,25). The second kappa shape index (κ2) is 6.81. The van der Waals surface area contributed by atoms with Gasteiger partial charge in [-0.2, -0.15) is 5.10 Å². The molecule has 0 aliphatic rings. The van der Waals surface area contributed by atoms with Gasteiger partial charge in [0, 0.05) is 20.8 Å². The van der Waals surface area contributed by atoms with E-state index in [1.807, 2.05) is 29.6 Å².